The first kappa shape index (κ1) is 20.3. The summed E-state index contributed by atoms with van der Waals surface area (Å²) < 4.78 is 12.2. The van der Waals surface area contributed by atoms with Gasteiger partial charge in [-0.2, -0.15) is 0 Å². The van der Waals surface area contributed by atoms with Crippen LogP contribution < -0.4 is 10.6 Å². The molecule has 2 aliphatic rings. The van der Waals surface area contributed by atoms with Crippen molar-refractivity contribution in [3.05, 3.63) is 35.4 Å². The molecule has 1 aromatic carbocycles. The normalized spacial score (nSPS) is 29.2. The lowest BCUT2D eigenvalue weighted by molar-refractivity contribution is 0.0485. The Labute approximate surface area is 165 Å². The van der Waals surface area contributed by atoms with Gasteiger partial charge in [-0.3, -0.25) is 4.21 Å². The highest BCUT2D eigenvalue weighted by molar-refractivity contribution is 7.85. The van der Waals surface area contributed by atoms with Crippen molar-refractivity contribution in [1.82, 2.24) is 10.6 Å². The van der Waals surface area contributed by atoms with Crippen LogP contribution in [0, 0.1) is 0 Å². The van der Waals surface area contributed by atoms with E-state index in [1.807, 2.05) is 32.0 Å². The van der Waals surface area contributed by atoms with Gasteiger partial charge in [0, 0.05) is 34.4 Å². The number of guanidine groups is 1. The highest BCUT2D eigenvalue weighted by Crippen LogP contribution is 2.36. The summed E-state index contributed by atoms with van der Waals surface area (Å²) in [6, 6.07) is 8.42. The predicted molar refractivity (Wildman–Crippen MR) is 113 cm³/mol. The van der Waals surface area contributed by atoms with E-state index >= 15 is 0 Å². The highest BCUT2D eigenvalue weighted by Gasteiger charge is 2.36. The van der Waals surface area contributed by atoms with Gasteiger partial charge in [-0.15, -0.1) is 0 Å². The number of nitrogens with zero attached hydrogens (tertiary/aromatic N) is 1. The van der Waals surface area contributed by atoms with E-state index in [1.54, 1.807) is 0 Å². The summed E-state index contributed by atoms with van der Waals surface area (Å²) in [7, 11) is -0.730. The molecule has 2 aliphatic carbocycles. The molecule has 27 heavy (non-hydrogen) atoms. The van der Waals surface area contributed by atoms with Crippen molar-refractivity contribution in [3.63, 3.8) is 0 Å². The number of hydrogen-bond donors (Lipinski definition) is 3. The monoisotopic (exact) mass is 391 g/mol. The molecule has 1 saturated carbocycles. The topological polar surface area (TPSA) is 73.7 Å². The van der Waals surface area contributed by atoms with E-state index < -0.39 is 16.4 Å². The molecular weight excluding hydrogens is 358 g/mol. The first-order valence-corrected chi connectivity index (χ1v) is 11.7. The summed E-state index contributed by atoms with van der Waals surface area (Å²) in [4.78, 5) is 4.72. The minimum atomic E-state index is -0.877. The first-order valence-electron chi connectivity index (χ1n) is 10.3. The van der Waals surface area contributed by atoms with Crippen LogP contribution in [0.1, 0.15) is 57.1 Å². The average Bonchev–Trinajstić information content (AvgIpc) is 3.03. The van der Waals surface area contributed by atoms with Crippen LogP contribution in [-0.4, -0.2) is 45.4 Å². The van der Waals surface area contributed by atoms with Gasteiger partial charge in [-0.25, -0.2) is 4.99 Å². The molecule has 0 radical (unpaired) electrons. The van der Waals surface area contributed by atoms with E-state index in [2.05, 4.69) is 16.7 Å². The molecule has 0 aromatic heterocycles. The number of aliphatic imine (C=N–C) groups is 1. The van der Waals surface area contributed by atoms with Gasteiger partial charge >= 0.3 is 0 Å². The first-order chi connectivity index (χ1) is 13.1. The van der Waals surface area contributed by atoms with Crippen molar-refractivity contribution >= 4 is 16.8 Å². The number of aliphatic hydroxyl groups is 1. The SMILES string of the molecule is CCNC(=NCC1(O)CCc2ccccc21)NC1CCCC(S(=O)CC)C1. The van der Waals surface area contributed by atoms with E-state index in [0.717, 1.165) is 62.3 Å². The molecule has 0 bridgehead atoms. The maximum absolute atomic E-state index is 12.2. The van der Waals surface area contributed by atoms with Crippen molar-refractivity contribution < 1.29 is 9.32 Å². The lowest BCUT2D eigenvalue weighted by Gasteiger charge is -2.30. The quantitative estimate of drug-likeness (QED) is 0.514. The number of hydrogen-bond acceptors (Lipinski definition) is 3. The fraction of sp³-hybridized carbons (Fsp3) is 0.667. The number of nitrogens with one attached hydrogen (secondary N) is 2. The van der Waals surface area contributed by atoms with E-state index in [0.29, 0.717) is 12.6 Å². The van der Waals surface area contributed by atoms with Crippen molar-refractivity contribution in [2.75, 3.05) is 18.8 Å². The van der Waals surface area contributed by atoms with E-state index in [4.69, 9.17) is 4.99 Å². The Morgan fingerprint density at radius 1 is 1.33 bits per heavy atom. The Morgan fingerprint density at radius 2 is 2.15 bits per heavy atom. The third-order valence-electron chi connectivity index (χ3n) is 5.79. The maximum atomic E-state index is 12.2. The highest BCUT2D eigenvalue weighted by atomic mass is 32.2. The Balaban J connectivity index is 1.66. The predicted octanol–water partition coefficient (Wildman–Crippen LogP) is 2.46. The molecule has 5 nitrogen and oxygen atoms in total. The van der Waals surface area contributed by atoms with Crippen LogP contribution in [0.5, 0.6) is 0 Å². The lowest BCUT2D eigenvalue weighted by atomic mass is 9.95. The zero-order chi connectivity index (χ0) is 19.3. The second-order valence-electron chi connectivity index (χ2n) is 7.68. The Bertz CT molecular complexity index is 694. The molecule has 6 heteroatoms. The van der Waals surface area contributed by atoms with Gasteiger partial charge < -0.3 is 15.7 Å². The molecule has 1 fully saturated rings. The van der Waals surface area contributed by atoms with Crippen LogP contribution in [0.25, 0.3) is 0 Å². The lowest BCUT2D eigenvalue weighted by Crippen LogP contribution is -2.47. The minimum absolute atomic E-state index is 0.287. The summed E-state index contributed by atoms with van der Waals surface area (Å²) >= 11 is 0. The van der Waals surface area contributed by atoms with Crippen LogP contribution in [0.3, 0.4) is 0 Å². The molecule has 4 atom stereocenters. The molecule has 0 aliphatic heterocycles. The van der Waals surface area contributed by atoms with Crippen LogP contribution in [-0.2, 0) is 22.8 Å². The van der Waals surface area contributed by atoms with Crippen LogP contribution in [0.4, 0.5) is 0 Å². The zero-order valence-corrected chi connectivity index (χ0v) is 17.4. The summed E-state index contributed by atoms with van der Waals surface area (Å²) in [6.45, 7) is 5.18. The van der Waals surface area contributed by atoms with E-state index in [-0.39, 0.29) is 5.25 Å². The third kappa shape index (κ3) is 4.91. The maximum Gasteiger partial charge on any atom is 0.191 e. The van der Waals surface area contributed by atoms with E-state index in [1.165, 1.54) is 5.56 Å². The molecule has 150 valence electrons. The van der Waals surface area contributed by atoms with Crippen LogP contribution >= 0.6 is 0 Å². The Hall–Kier alpha value is -1.40. The largest absolute Gasteiger partial charge is 0.383 e. The smallest absolute Gasteiger partial charge is 0.191 e. The van der Waals surface area contributed by atoms with Gasteiger partial charge in [0.2, 0.25) is 0 Å². The number of fused-ring (bicyclic) bond motifs is 1. The summed E-state index contributed by atoms with van der Waals surface area (Å²) in [5.74, 6) is 1.49. The molecule has 1 aromatic rings. The Kier molecular flexibility index (Phi) is 6.93. The van der Waals surface area contributed by atoms with Crippen LogP contribution in [0.15, 0.2) is 29.3 Å². The number of benzene rings is 1. The molecular formula is C21H33N3O2S. The number of aryl methyl sites for hydroxylation is 1. The molecule has 3 N–H and O–H groups in total. The van der Waals surface area contributed by atoms with Gasteiger partial charge in [0.1, 0.15) is 5.60 Å². The standard InChI is InChI=1S/C21H33N3O2S/c1-3-22-20(24-17-9-7-10-18(14-17)27(26)4-2)23-15-21(25)13-12-16-8-5-6-11-19(16)21/h5-6,8,11,17-18,25H,3-4,7,9-10,12-15H2,1-2H3,(H2,22,23,24). The average molecular weight is 392 g/mol. The van der Waals surface area contributed by atoms with Crippen molar-refractivity contribution in [3.8, 4) is 0 Å². The Morgan fingerprint density at radius 3 is 2.93 bits per heavy atom. The van der Waals surface area contributed by atoms with Gasteiger partial charge in [-0.1, -0.05) is 37.6 Å². The minimum Gasteiger partial charge on any atom is -0.383 e. The second-order valence-corrected chi connectivity index (χ2v) is 9.69. The van der Waals surface area contributed by atoms with E-state index in [9.17, 15) is 9.32 Å². The molecule has 4 unspecified atom stereocenters. The fourth-order valence-electron chi connectivity index (χ4n) is 4.31. The molecule has 0 heterocycles. The summed E-state index contributed by atoms with van der Waals surface area (Å²) in [5, 5.41) is 18.2. The van der Waals surface area contributed by atoms with Crippen molar-refractivity contribution in [2.45, 2.75) is 69.3 Å². The molecule has 0 amide bonds. The summed E-state index contributed by atoms with van der Waals surface area (Å²) in [5.41, 5.74) is 1.36. The zero-order valence-electron chi connectivity index (χ0n) is 16.5. The van der Waals surface area contributed by atoms with Gasteiger partial charge in [0.05, 0.1) is 6.54 Å². The molecule has 3 rings (SSSR count). The van der Waals surface area contributed by atoms with Gasteiger partial charge in [0.25, 0.3) is 0 Å². The van der Waals surface area contributed by atoms with Crippen molar-refractivity contribution in [2.24, 2.45) is 4.99 Å². The molecule has 0 spiro atoms. The van der Waals surface area contributed by atoms with Gasteiger partial charge in [0.15, 0.2) is 5.96 Å². The number of rotatable bonds is 6. The molecule has 0 saturated heterocycles. The van der Waals surface area contributed by atoms with Crippen LogP contribution in [0.2, 0.25) is 0 Å². The third-order valence-corrected chi connectivity index (χ3v) is 7.53. The second kappa shape index (κ2) is 9.20. The van der Waals surface area contributed by atoms with Gasteiger partial charge in [-0.05, 0) is 50.2 Å². The summed E-state index contributed by atoms with van der Waals surface area (Å²) in [6.07, 6.45) is 5.79. The fourth-order valence-corrected chi connectivity index (χ4v) is 5.65. The van der Waals surface area contributed by atoms with Crippen molar-refractivity contribution in [1.29, 1.82) is 0 Å².